The van der Waals surface area contributed by atoms with Gasteiger partial charge in [-0.05, 0) is 37.0 Å². The van der Waals surface area contributed by atoms with E-state index in [0.29, 0.717) is 16.0 Å². The Morgan fingerprint density at radius 2 is 2.05 bits per heavy atom. The molecule has 19 heavy (non-hydrogen) atoms. The summed E-state index contributed by atoms with van der Waals surface area (Å²) < 4.78 is 28.6. The van der Waals surface area contributed by atoms with Crippen LogP contribution in [0.15, 0.2) is 18.2 Å². The Labute approximate surface area is 117 Å². The molecule has 1 N–H and O–H groups in total. The van der Waals surface area contributed by atoms with Gasteiger partial charge in [-0.25, -0.2) is 0 Å². The SMILES string of the molecule is CCOP(=O)(OCC)C1OB(O)c2ccc(Cl)cc21. The molecule has 2 rings (SSSR count). The summed E-state index contributed by atoms with van der Waals surface area (Å²) in [5.41, 5.74) is 1.08. The monoisotopic (exact) mass is 304 g/mol. The molecule has 1 aliphatic heterocycles. The third kappa shape index (κ3) is 2.89. The molecule has 0 fully saturated rings. The van der Waals surface area contributed by atoms with E-state index in [-0.39, 0.29) is 13.2 Å². The van der Waals surface area contributed by atoms with Crippen LogP contribution in [0.3, 0.4) is 0 Å². The first-order valence-electron chi connectivity index (χ1n) is 6.03. The molecule has 0 radical (unpaired) electrons. The molecule has 104 valence electrons. The van der Waals surface area contributed by atoms with Gasteiger partial charge in [0.1, 0.15) is 0 Å². The largest absolute Gasteiger partial charge is 0.492 e. The Morgan fingerprint density at radius 3 is 2.63 bits per heavy atom. The van der Waals surface area contributed by atoms with Crippen molar-refractivity contribution in [3.8, 4) is 0 Å². The summed E-state index contributed by atoms with van der Waals surface area (Å²) >= 11 is 5.93. The molecule has 0 bridgehead atoms. The molecule has 0 amide bonds. The van der Waals surface area contributed by atoms with Gasteiger partial charge in [-0.15, -0.1) is 0 Å². The van der Waals surface area contributed by atoms with Crippen molar-refractivity contribution < 1.29 is 23.3 Å². The summed E-state index contributed by atoms with van der Waals surface area (Å²) in [6.45, 7) is 3.89. The van der Waals surface area contributed by atoms with Crippen LogP contribution < -0.4 is 5.46 Å². The fourth-order valence-electron chi connectivity index (χ4n) is 2.03. The molecular formula is C11H15BClO5P. The highest BCUT2D eigenvalue weighted by atomic mass is 35.5. The van der Waals surface area contributed by atoms with E-state index in [0.717, 1.165) is 0 Å². The molecule has 1 heterocycles. The number of hydrogen-bond donors (Lipinski definition) is 1. The molecule has 0 aromatic heterocycles. The van der Waals surface area contributed by atoms with Gasteiger partial charge in [0.15, 0.2) is 5.85 Å². The Balaban J connectivity index is 2.42. The molecule has 0 saturated carbocycles. The van der Waals surface area contributed by atoms with Gasteiger partial charge in [0.2, 0.25) is 0 Å². The molecule has 1 aliphatic rings. The van der Waals surface area contributed by atoms with E-state index < -0.39 is 20.6 Å². The van der Waals surface area contributed by atoms with Crippen LogP contribution in [0, 0.1) is 0 Å². The van der Waals surface area contributed by atoms with Crippen molar-refractivity contribution >= 4 is 31.8 Å². The van der Waals surface area contributed by atoms with Crippen molar-refractivity contribution in [2.75, 3.05) is 13.2 Å². The minimum Gasteiger partial charge on any atom is -0.423 e. The van der Waals surface area contributed by atoms with Crippen LogP contribution in [0.25, 0.3) is 0 Å². The highest BCUT2D eigenvalue weighted by molar-refractivity contribution is 7.54. The number of hydrogen-bond acceptors (Lipinski definition) is 5. The summed E-state index contributed by atoms with van der Waals surface area (Å²) in [7, 11) is -4.64. The van der Waals surface area contributed by atoms with E-state index in [4.69, 9.17) is 25.3 Å². The van der Waals surface area contributed by atoms with E-state index in [1.54, 1.807) is 32.0 Å². The Kier molecular flexibility index (Phi) is 4.72. The Hall–Kier alpha value is -0.355. The molecule has 0 spiro atoms. The van der Waals surface area contributed by atoms with Crippen LogP contribution in [-0.2, 0) is 18.3 Å². The minimum atomic E-state index is -3.50. The van der Waals surface area contributed by atoms with Crippen LogP contribution in [0.5, 0.6) is 0 Å². The summed E-state index contributed by atoms with van der Waals surface area (Å²) in [5, 5.41) is 10.3. The molecule has 1 aromatic carbocycles. The van der Waals surface area contributed by atoms with Crippen molar-refractivity contribution in [2.24, 2.45) is 0 Å². The summed E-state index contributed by atoms with van der Waals surface area (Å²) in [6.07, 6.45) is 0. The molecular weight excluding hydrogens is 289 g/mol. The van der Waals surface area contributed by atoms with Crippen molar-refractivity contribution in [1.82, 2.24) is 0 Å². The van der Waals surface area contributed by atoms with E-state index in [1.165, 1.54) is 0 Å². The third-order valence-electron chi connectivity index (χ3n) is 2.74. The zero-order valence-corrected chi connectivity index (χ0v) is 12.4. The van der Waals surface area contributed by atoms with E-state index in [1.807, 2.05) is 0 Å². The maximum atomic E-state index is 12.7. The fraction of sp³-hybridized carbons (Fsp3) is 0.455. The summed E-state index contributed by atoms with van der Waals surface area (Å²) in [5.74, 6) is -0.948. The second-order valence-corrected chi connectivity index (χ2v) is 6.49. The van der Waals surface area contributed by atoms with Crippen LogP contribution in [0.1, 0.15) is 25.3 Å². The summed E-state index contributed by atoms with van der Waals surface area (Å²) in [4.78, 5) is 0. The smallest absolute Gasteiger partial charge is 0.423 e. The molecule has 1 atom stereocenters. The molecule has 8 heteroatoms. The second-order valence-electron chi connectivity index (χ2n) is 3.99. The molecule has 0 saturated heterocycles. The van der Waals surface area contributed by atoms with Gasteiger partial charge in [0.05, 0.1) is 13.2 Å². The third-order valence-corrected chi connectivity index (χ3v) is 5.19. The van der Waals surface area contributed by atoms with Crippen molar-refractivity contribution in [3.05, 3.63) is 28.8 Å². The lowest BCUT2D eigenvalue weighted by Crippen LogP contribution is -2.27. The lowest BCUT2D eigenvalue weighted by atomic mass is 9.80. The average Bonchev–Trinajstić information content (AvgIpc) is 2.67. The van der Waals surface area contributed by atoms with Crippen molar-refractivity contribution in [2.45, 2.75) is 19.7 Å². The van der Waals surface area contributed by atoms with E-state index >= 15 is 0 Å². The first-order valence-corrected chi connectivity index (χ1v) is 8.02. The fourth-order valence-corrected chi connectivity index (χ4v) is 4.10. The minimum absolute atomic E-state index is 0.225. The van der Waals surface area contributed by atoms with Gasteiger partial charge in [-0.1, -0.05) is 17.7 Å². The lowest BCUT2D eigenvalue weighted by Gasteiger charge is -2.23. The molecule has 1 aromatic rings. The maximum Gasteiger partial charge on any atom is 0.492 e. The first kappa shape index (κ1) is 15.0. The zero-order chi connectivity index (χ0) is 14.0. The lowest BCUT2D eigenvalue weighted by molar-refractivity contribution is 0.157. The van der Waals surface area contributed by atoms with E-state index in [9.17, 15) is 9.59 Å². The van der Waals surface area contributed by atoms with Gasteiger partial charge in [0.25, 0.3) is 0 Å². The van der Waals surface area contributed by atoms with Gasteiger partial charge in [0, 0.05) is 5.02 Å². The number of fused-ring (bicyclic) bond motifs is 1. The normalized spacial score (nSPS) is 18.7. The predicted octanol–water partition coefficient (Wildman–Crippen LogP) is 2.32. The Bertz CT molecular complexity index is 502. The zero-order valence-electron chi connectivity index (χ0n) is 10.7. The number of benzene rings is 1. The number of halogens is 1. The van der Waals surface area contributed by atoms with Crippen molar-refractivity contribution in [3.63, 3.8) is 0 Å². The van der Waals surface area contributed by atoms with Crippen LogP contribution in [-0.4, -0.2) is 25.4 Å². The van der Waals surface area contributed by atoms with Crippen LogP contribution >= 0.6 is 19.2 Å². The number of rotatable bonds is 5. The second kappa shape index (κ2) is 5.96. The highest BCUT2D eigenvalue weighted by Gasteiger charge is 2.47. The van der Waals surface area contributed by atoms with Crippen LogP contribution in [0.4, 0.5) is 0 Å². The maximum absolute atomic E-state index is 12.7. The Morgan fingerprint density at radius 1 is 1.42 bits per heavy atom. The standard InChI is InChI=1S/C11H15BClO5P/c1-3-16-19(15,17-4-2)11-9-7-8(13)5-6-10(9)12(14)18-11/h5-7,11,14H,3-4H2,1-2H3. The molecule has 0 aliphatic carbocycles. The summed E-state index contributed by atoms with van der Waals surface area (Å²) in [6, 6.07) is 4.90. The van der Waals surface area contributed by atoms with Crippen LogP contribution in [0.2, 0.25) is 5.02 Å². The first-order chi connectivity index (χ1) is 9.01. The van der Waals surface area contributed by atoms with Gasteiger partial charge in [-0.3, -0.25) is 4.57 Å². The topological polar surface area (TPSA) is 65.0 Å². The average molecular weight is 304 g/mol. The molecule has 1 unspecified atom stereocenters. The van der Waals surface area contributed by atoms with Crippen molar-refractivity contribution in [1.29, 1.82) is 0 Å². The highest BCUT2D eigenvalue weighted by Crippen LogP contribution is 2.62. The van der Waals surface area contributed by atoms with Gasteiger partial charge in [-0.2, -0.15) is 0 Å². The van der Waals surface area contributed by atoms with Gasteiger partial charge < -0.3 is 18.7 Å². The van der Waals surface area contributed by atoms with Gasteiger partial charge >= 0.3 is 14.7 Å². The van der Waals surface area contributed by atoms with E-state index in [2.05, 4.69) is 0 Å². The quantitative estimate of drug-likeness (QED) is 0.668. The predicted molar refractivity (Wildman–Crippen MR) is 73.7 cm³/mol. The molecule has 5 nitrogen and oxygen atoms in total.